The topological polar surface area (TPSA) is 71.8 Å². The van der Waals surface area contributed by atoms with Crippen molar-refractivity contribution in [3.05, 3.63) is 48.4 Å². The molecule has 0 radical (unpaired) electrons. The number of nitrogens with one attached hydrogen (secondary N) is 1. The molecule has 8 heteroatoms. The number of likely N-dealkylation sites (tertiary alicyclic amines) is 1. The van der Waals surface area contributed by atoms with Crippen molar-refractivity contribution >= 4 is 17.5 Å². The maximum absolute atomic E-state index is 12.3. The molecule has 0 saturated carbocycles. The molecule has 0 spiro atoms. The van der Waals surface area contributed by atoms with Crippen LogP contribution in [-0.4, -0.2) is 29.9 Å². The van der Waals surface area contributed by atoms with Crippen molar-refractivity contribution < 1.29 is 27.5 Å². The number of anilines is 1. The Labute approximate surface area is 142 Å². The van der Waals surface area contributed by atoms with Crippen molar-refractivity contribution in [1.82, 2.24) is 4.90 Å². The zero-order valence-corrected chi connectivity index (χ0v) is 13.2. The summed E-state index contributed by atoms with van der Waals surface area (Å²) >= 11 is 0. The number of carbonyl (C=O) groups is 2. The van der Waals surface area contributed by atoms with Crippen LogP contribution >= 0.6 is 0 Å². The normalized spacial score (nSPS) is 17.2. The summed E-state index contributed by atoms with van der Waals surface area (Å²) in [6, 6.07) is 9.11. The molecule has 132 valence electrons. The van der Waals surface area contributed by atoms with Crippen molar-refractivity contribution in [3.63, 3.8) is 0 Å². The predicted octanol–water partition coefficient (Wildman–Crippen LogP) is 2.87. The number of rotatable bonds is 6. The molecule has 6 nitrogen and oxygen atoms in total. The van der Waals surface area contributed by atoms with Crippen LogP contribution < -0.4 is 10.1 Å². The van der Waals surface area contributed by atoms with Gasteiger partial charge in [0.1, 0.15) is 11.5 Å². The fraction of sp³-hybridized carbons (Fsp3) is 0.294. The van der Waals surface area contributed by atoms with Gasteiger partial charge in [-0.25, -0.2) is 0 Å². The first-order valence-electron chi connectivity index (χ1n) is 7.67. The molecule has 2 heterocycles. The molecule has 3 rings (SSSR count). The summed E-state index contributed by atoms with van der Waals surface area (Å²) < 4.78 is 33.7. The number of hydrogen-bond donors (Lipinski definition) is 1. The maximum Gasteiger partial charge on any atom is 0.387 e. The fourth-order valence-corrected chi connectivity index (χ4v) is 2.66. The molecule has 0 unspecified atom stereocenters. The summed E-state index contributed by atoms with van der Waals surface area (Å²) in [5.41, 5.74) is 0.448. The van der Waals surface area contributed by atoms with Gasteiger partial charge in [0.2, 0.25) is 11.8 Å². The first-order valence-corrected chi connectivity index (χ1v) is 7.67. The van der Waals surface area contributed by atoms with E-state index in [0.29, 0.717) is 24.5 Å². The molecule has 1 aliphatic rings. The Hall–Kier alpha value is -2.90. The summed E-state index contributed by atoms with van der Waals surface area (Å²) in [6.07, 6.45) is 1.65. The number of nitrogens with zero attached hydrogens (tertiary/aromatic N) is 1. The standard InChI is InChI=1S/C17H16F2N2O4/c18-17(19)25-13-5-3-12(4-6-13)20-16(23)11-8-15(22)21(9-11)10-14-2-1-7-24-14/h1-7,11,17H,8-10H2,(H,20,23)/t11-/m1/s1. The quantitative estimate of drug-likeness (QED) is 0.870. The molecular weight excluding hydrogens is 334 g/mol. The van der Waals surface area contributed by atoms with Crippen LogP contribution in [0, 0.1) is 5.92 Å². The van der Waals surface area contributed by atoms with Crippen LogP contribution in [0.5, 0.6) is 5.75 Å². The van der Waals surface area contributed by atoms with E-state index >= 15 is 0 Å². The zero-order valence-electron chi connectivity index (χ0n) is 13.2. The highest BCUT2D eigenvalue weighted by Crippen LogP contribution is 2.23. The lowest BCUT2D eigenvalue weighted by Crippen LogP contribution is -2.27. The van der Waals surface area contributed by atoms with Gasteiger partial charge in [0.25, 0.3) is 0 Å². The van der Waals surface area contributed by atoms with Crippen LogP contribution in [-0.2, 0) is 16.1 Å². The zero-order chi connectivity index (χ0) is 17.8. The van der Waals surface area contributed by atoms with Gasteiger partial charge in [0, 0.05) is 18.7 Å². The predicted molar refractivity (Wildman–Crippen MR) is 83.9 cm³/mol. The lowest BCUT2D eigenvalue weighted by Gasteiger charge is -2.15. The monoisotopic (exact) mass is 350 g/mol. The molecular formula is C17H16F2N2O4. The Bertz CT molecular complexity index is 732. The van der Waals surface area contributed by atoms with Crippen molar-refractivity contribution in [1.29, 1.82) is 0 Å². The highest BCUT2D eigenvalue weighted by Gasteiger charge is 2.34. The van der Waals surface area contributed by atoms with Gasteiger partial charge < -0.3 is 19.4 Å². The number of benzene rings is 1. The highest BCUT2D eigenvalue weighted by atomic mass is 19.3. The van der Waals surface area contributed by atoms with E-state index in [2.05, 4.69) is 10.1 Å². The smallest absolute Gasteiger partial charge is 0.387 e. The number of alkyl halides is 2. The molecule has 1 aromatic carbocycles. The Morgan fingerprint density at radius 1 is 1.32 bits per heavy atom. The average molecular weight is 350 g/mol. The Morgan fingerprint density at radius 3 is 2.72 bits per heavy atom. The van der Waals surface area contributed by atoms with Crippen LogP contribution in [0.2, 0.25) is 0 Å². The van der Waals surface area contributed by atoms with Crippen LogP contribution in [0.3, 0.4) is 0 Å². The van der Waals surface area contributed by atoms with E-state index in [4.69, 9.17) is 4.42 Å². The summed E-state index contributed by atoms with van der Waals surface area (Å²) in [4.78, 5) is 25.9. The van der Waals surface area contributed by atoms with Crippen molar-refractivity contribution in [3.8, 4) is 5.75 Å². The number of hydrogen-bond acceptors (Lipinski definition) is 4. The first kappa shape index (κ1) is 16.9. The third-order valence-electron chi connectivity index (χ3n) is 3.86. The second-order valence-electron chi connectivity index (χ2n) is 5.65. The van der Waals surface area contributed by atoms with Gasteiger partial charge in [-0.3, -0.25) is 9.59 Å². The van der Waals surface area contributed by atoms with Gasteiger partial charge in [0.05, 0.1) is 18.7 Å². The minimum absolute atomic E-state index is 0.00802. The molecule has 2 amide bonds. The van der Waals surface area contributed by atoms with Gasteiger partial charge in [-0.05, 0) is 36.4 Å². The molecule has 1 atom stereocenters. The van der Waals surface area contributed by atoms with Crippen molar-refractivity contribution in [2.75, 3.05) is 11.9 Å². The maximum atomic E-state index is 12.3. The largest absolute Gasteiger partial charge is 0.467 e. The lowest BCUT2D eigenvalue weighted by molar-refractivity contribution is -0.128. The number of carbonyl (C=O) groups excluding carboxylic acids is 2. The number of amides is 2. The van der Waals surface area contributed by atoms with Crippen molar-refractivity contribution in [2.24, 2.45) is 5.92 Å². The van der Waals surface area contributed by atoms with E-state index in [-0.39, 0.29) is 24.0 Å². The minimum Gasteiger partial charge on any atom is -0.467 e. The second kappa shape index (κ2) is 7.33. The molecule has 0 bridgehead atoms. The molecule has 25 heavy (non-hydrogen) atoms. The molecule has 1 N–H and O–H groups in total. The molecule has 2 aromatic rings. The van der Waals surface area contributed by atoms with E-state index in [1.54, 1.807) is 17.0 Å². The van der Waals surface area contributed by atoms with E-state index in [0.717, 1.165) is 0 Å². The van der Waals surface area contributed by atoms with Crippen LogP contribution in [0.25, 0.3) is 0 Å². The molecule has 1 fully saturated rings. The summed E-state index contributed by atoms with van der Waals surface area (Å²) in [5, 5.41) is 2.68. The van der Waals surface area contributed by atoms with Gasteiger partial charge in [-0.1, -0.05) is 0 Å². The lowest BCUT2D eigenvalue weighted by atomic mass is 10.1. The van der Waals surface area contributed by atoms with Gasteiger partial charge in [-0.2, -0.15) is 8.78 Å². The summed E-state index contributed by atoms with van der Waals surface area (Å²) in [7, 11) is 0. The van der Waals surface area contributed by atoms with Gasteiger partial charge >= 0.3 is 6.61 Å². The van der Waals surface area contributed by atoms with E-state index in [1.807, 2.05) is 0 Å². The number of ether oxygens (including phenoxy) is 1. The molecule has 1 saturated heterocycles. The Balaban J connectivity index is 1.55. The van der Waals surface area contributed by atoms with Crippen LogP contribution in [0.1, 0.15) is 12.2 Å². The van der Waals surface area contributed by atoms with E-state index in [9.17, 15) is 18.4 Å². The second-order valence-corrected chi connectivity index (χ2v) is 5.65. The van der Waals surface area contributed by atoms with Crippen molar-refractivity contribution in [2.45, 2.75) is 19.6 Å². The molecule has 0 aliphatic carbocycles. The SMILES string of the molecule is O=C(Nc1ccc(OC(F)F)cc1)[C@@H]1CC(=O)N(Cc2ccco2)C1. The van der Waals surface area contributed by atoms with Crippen LogP contribution in [0.15, 0.2) is 47.1 Å². The average Bonchev–Trinajstić information content (AvgIpc) is 3.20. The third kappa shape index (κ3) is 4.34. The first-order chi connectivity index (χ1) is 12.0. The van der Waals surface area contributed by atoms with E-state index < -0.39 is 12.5 Å². The van der Waals surface area contributed by atoms with Gasteiger partial charge in [-0.15, -0.1) is 0 Å². The number of furan rings is 1. The highest BCUT2D eigenvalue weighted by molar-refractivity contribution is 5.97. The van der Waals surface area contributed by atoms with E-state index in [1.165, 1.54) is 30.5 Å². The summed E-state index contributed by atoms with van der Waals surface area (Å²) in [5.74, 6) is -0.216. The third-order valence-corrected chi connectivity index (χ3v) is 3.86. The Kier molecular flexibility index (Phi) is 4.97. The summed E-state index contributed by atoms with van der Waals surface area (Å²) in [6.45, 7) is -2.27. The minimum atomic E-state index is -2.90. The fourth-order valence-electron chi connectivity index (χ4n) is 2.66. The number of halogens is 2. The van der Waals surface area contributed by atoms with Gasteiger partial charge in [0.15, 0.2) is 0 Å². The molecule has 1 aliphatic heterocycles. The Morgan fingerprint density at radius 2 is 2.08 bits per heavy atom. The molecule has 1 aromatic heterocycles. The van der Waals surface area contributed by atoms with Crippen LogP contribution in [0.4, 0.5) is 14.5 Å².